The van der Waals surface area contributed by atoms with Crippen LogP contribution in [0.15, 0.2) is 48.8 Å². The van der Waals surface area contributed by atoms with Gasteiger partial charge < -0.3 is 10.6 Å². The Balaban J connectivity index is 1.63. The van der Waals surface area contributed by atoms with Crippen molar-refractivity contribution in [3.63, 3.8) is 0 Å². The van der Waals surface area contributed by atoms with Crippen LogP contribution in [0.5, 0.6) is 0 Å². The lowest BCUT2D eigenvalue weighted by atomic mass is 9.96. The number of benzene rings is 2. The largest absolute Gasteiger partial charge is 0.413 e. The van der Waals surface area contributed by atoms with Gasteiger partial charge in [-0.25, -0.2) is 4.68 Å². The fraction of sp³-hybridized carbons (Fsp3) is 0.367. The lowest BCUT2D eigenvalue weighted by Crippen LogP contribution is -2.35. The van der Waals surface area contributed by atoms with E-state index >= 15 is 0 Å². The molecule has 0 radical (unpaired) electrons. The van der Waals surface area contributed by atoms with Crippen molar-refractivity contribution in [1.82, 2.24) is 20.0 Å². The van der Waals surface area contributed by atoms with Gasteiger partial charge in [-0.2, -0.15) is 23.7 Å². The minimum Gasteiger partial charge on any atom is -0.383 e. The highest BCUT2D eigenvalue weighted by atomic mass is 19.4. The summed E-state index contributed by atoms with van der Waals surface area (Å²) in [5.41, 5.74) is 2.03. The number of aromatic nitrogens is 4. The summed E-state index contributed by atoms with van der Waals surface area (Å²) < 4.78 is 42.4. The third-order valence-corrected chi connectivity index (χ3v) is 7.31. The quantitative estimate of drug-likeness (QED) is 0.263. The van der Waals surface area contributed by atoms with E-state index in [0.29, 0.717) is 40.1 Å². The van der Waals surface area contributed by atoms with Crippen LogP contribution in [-0.2, 0) is 5.54 Å². The summed E-state index contributed by atoms with van der Waals surface area (Å²) in [7, 11) is 0. The van der Waals surface area contributed by atoms with Gasteiger partial charge in [-0.05, 0) is 48.4 Å². The summed E-state index contributed by atoms with van der Waals surface area (Å²) in [5, 5.41) is 35.2. The highest BCUT2D eigenvalue weighted by Gasteiger charge is 2.66. The molecule has 210 valence electrons. The third kappa shape index (κ3) is 5.28. The van der Waals surface area contributed by atoms with Crippen LogP contribution in [0.1, 0.15) is 67.6 Å². The van der Waals surface area contributed by atoms with Crippen molar-refractivity contribution >= 4 is 22.3 Å². The van der Waals surface area contributed by atoms with Gasteiger partial charge in [-0.3, -0.25) is 4.98 Å². The summed E-state index contributed by atoms with van der Waals surface area (Å²) in [5.74, 6) is 0. The molecule has 2 aromatic carbocycles. The maximum absolute atomic E-state index is 13.8. The molecule has 1 atom stereocenters. The number of pyridine rings is 1. The van der Waals surface area contributed by atoms with E-state index < -0.39 is 17.8 Å². The predicted octanol–water partition coefficient (Wildman–Crippen LogP) is 6.59. The van der Waals surface area contributed by atoms with Crippen molar-refractivity contribution in [2.24, 2.45) is 5.41 Å². The van der Waals surface area contributed by atoms with Gasteiger partial charge in [0.1, 0.15) is 17.8 Å². The lowest BCUT2D eigenvalue weighted by molar-refractivity contribution is -0.182. The van der Waals surface area contributed by atoms with E-state index in [0.717, 1.165) is 15.8 Å². The van der Waals surface area contributed by atoms with E-state index in [1.165, 1.54) is 12.4 Å². The Kier molecular flexibility index (Phi) is 6.86. The number of hydrogen-bond donors (Lipinski definition) is 2. The topological polar surface area (TPSA) is 115 Å². The van der Waals surface area contributed by atoms with Crippen LogP contribution in [0, 0.1) is 35.0 Å². The predicted molar refractivity (Wildman–Crippen MR) is 149 cm³/mol. The lowest BCUT2D eigenvalue weighted by Gasteiger charge is -2.23. The molecular weight excluding hydrogens is 529 g/mol. The fourth-order valence-corrected chi connectivity index (χ4v) is 4.87. The molecule has 0 bridgehead atoms. The van der Waals surface area contributed by atoms with Gasteiger partial charge >= 0.3 is 6.18 Å². The number of fused-ring (bicyclic) bond motifs is 1. The molecule has 1 aliphatic rings. The first-order valence-corrected chi connectivity index (χ1v) is 13.2. The van der Waals surface area contributed by atoms with Gasteiger partial charge in [0.05, 0.1) is 34.6 Å². The molecule has 0 amide bonds. The highest BCUT2D eigenvalue weighted by molar-refractivity contribution is 5.99. The van der Waals surface area contributed by atoms with E-state index in [9.17, 15) is 23.7 Å². The average molecular weight is 559 g/mol. The van der Waals surface area contributed by atoms with Gasteiger partial charge in [0.2, 0.25) is 0 Å². The molecule has 4 aromatic rings. The first kappa shape index (κ1) is 27.9. The van der Waals surface area contributed by atoms with E-state index in [4.69, 9.17) is 0 Å². The van der Waals surface area contributed by atoms with Crippen molar-refractivity contribution < 1.29 is 13.2 Å². The number of rotatable bonds is 7. The van der Waals surface area contributed by atoms with Crippen LogP contribution in [0.3, 0.4) is 0 Å². The van der Waals surface area contributed by atoms with Crippen LogP contribution in [0.25, 0.3) is 10.9 Å². The van der Waals surface area contributed by atoms with Crippen LogP contribution in [0.2, 0.25) is 0 Å². The molecule has 2 N–H and O–H groups in total. The highest BCUT2D eigenvalue weighted by Crippen LogP contribution is 2.55. The van der Waals surface area contributed by atoms with Crippen LogP contribution < -0.4 is 10.6 Å². The SMILES string of the molecule is Cc1ccccc1[C@H](Nc1cc(C#N)c2ncc(C#N)c(NCC(C)(C)C)c2c1)c1cn(C2(C(F)(F)F)CC2)nn1. The summed E-state index contributed by atoms with van der Waals surface area (Å²) in [6.07, 6.45) is -1.73. The molecule has 0 aliphatic heterocycles. The molecule has 2 heterocycles. The summed E-state index contributed by atoms with van der Waals surface area (Å²) in [6.45, 7) is 8.66. The van der Waals surface area contributed by atoms with E-state index in [2.05, 4.69) is 58.8 Å². The van der Waals surface area contributed by atoms with Gasteiger partial charge in [0.15, 0.2) is 5.54 Å². The van der Waals surface area contributed by atoms with Gasteiger partial charge in [0, 0.05) is 23.8 Å². The van der Waals surface area contributed by atoms with Crippen molar-refractivity contribution in [1.29, 1.82) is 10.5 Å². The van der Waals surface area contributed by atoms with Crippen LogP contribution in [-0.4, -0.2) is 32.7 Å². The monoisotopic (exact) mass is 558 g/mol. The Morgan fingerprint density at radius 2 is 1.78 bits per heavy atom. The second-order valence-electron chi connectivity index (χ2n) is 11.7. The second kappa shape index (κ2) is 10.1. The zero-order chi connectivity index (χ0) is 29.6. The maximum Gasteiger partial charge on any atom is 0.413 e. The Labute approximate surface area is 235 Å². The van der Waals surface area contributed by atoms with E-state index in [1.54, 1.807) is 12.1 Å². The molecular formula is C30H29F3N8. The van der Waals surface area contributed by atoms with E-state index in [1.807, 2.05) is 31.2 Å². The molecule has 0 unspecified atom stereocenters. The number of anilines is 2. The molecule has 2 aromatic heterocycles. The first-order valence-electron chi connectivity index (χ1n) is 13.2. The number of aryl methyl sites for hydroxylation is 1. The van der Waals surface area contributed by atoms with Crippen molar-refractivity contribution in [3.8, 4) is 12.1 Å². The zero-order valence-electron chi connectivity index (χ0n) is 23.1. The van der Waals surface area contributed by atoms with Crippen LogP contribution in [0.4, 0.5) is 24.5 Å². The summed E-state index contributed by atoms with van der Waals surface area (Å²) >= 11 is 0. The minimum absolute atomic E-state index is 0.0451. The number of alkyl halides is 3. The zero-order valence-corrected chi connectivity index (χ0v) is 23.1. The van der Waals surface area contributed by atoms with Gasteiger partial charge in [-0.1, -0.05) is 50.3 Å². The smallest absolute Gasteiger partial charge is 0.383 e. The molecule has 0 saturated heterocycles. The molecule has 41 heavy (non-hydrogen) atoms. The Morgan fingerprint density at radius 1 is 1.07 bits per heavy atom. The van der Waals surface area contributed by atoms with Crippen molar-refractivity contribution in [3.05, 3.63) is 76.7 Å². The number of nitrogens with zero attached hydrogens (tertiary/aromatic N) is 6. The first-order chi connectivity index (χ1) is 19.4. The average Bonchev–Trinajstić information content (AvgIpc) is 3.61. The normalized spacial score (nSPS) is 15.1. The maximum atomic E-state index is 13.8. The van der Waals surface area contributed by atoms with Gasteiger partial charge in [0.25, 0.3) is 0 Å². The Hall–Kier alpha value is -4.64. The molecule has 1 fully saturated rings. The fourth-order valence-electron chi connectivity index (χ4n) is 4.87. The third-order valence-electron chi connectivity index (χ3n) is 7.31. The number of hydrogen-bond acceptors (Lipinski definition) is 7. The van der Waals surface area contributed by atoms with Gasteiger partial charge in [-0.15, -0.1) is 5.10 Å². The minimum atomic E-state index is -4.44. The Morgan fingerprint density at radius 3 is 2.39 bits per heavy atom. The molecule has 11 heteroatoms. The number of nitriles is 2. The summed E-state index contributed by atoms with van der Waals surface area (Å²) in [6, 6.07) is 14.6. The van der Waals surface area contributed by atoms with Crippen molar-refractivity contribution in [2.45, 2.75) is 58.3 Å². The number of nitrogens with one attached hydrogen (secondary N) is 2. The van der Waals surface area contributed by atoms with E-state index in [-0.39, 0.29) is 23.8 Å². The molecule has 0 spiro atoms. The standard InChI is InChI=1S/C30H29F3N8/c1-18-7-5-6-8-22(18)27(24-16-41(40-39-24)29(9-10-29)30(31,32)33)38-21-11-19(13-34)25-23(12-21)26(20(14-35)15-36-25)37-17-28(2,3)4/h5-8,11-12,15-16,27,38H,9-10,17H2,1-4H3,(H,36,37)/t27-/m0/s1. The molecule has 1 saturated carbocycles. The molecule has 8 nitrogen and oxygen atoms in total. The van der Waals surface area contributed by atoms with Crippen LogP contribution >= 0.6 is 0 Å². The second-order valence-corrected chi connectivity index (χ2v) is 11.7. The summed E-state index contributed by atoms with van der Waals surface area (Å²) in [4.78, 5) is 4.39. The number of halogens is 3. The molecule has 5 rings (SSSR count). The Bertz CT molecular complexity index is 1700. The van der Waals surface area contributed by atoms with Crippen molar-refractivity contribution in [2.75, 3.05) is 17.2 Å². The molecule has 1 aliphatic carbocycles.